The molecule has 0 bridgehead atoms. The van der Waals surface area contributed by atoms with Gasteiger partial charge in [-0.2, -0.15) is 0 Å². The summed E-state index contributed by atoms with van der Waals surface area (Å²) in [5.41, 5.74) is 6.52. The molecule has 3 rings (SSSR count). The van der Waals surface area contributed by atoms with Crippen molar-refractivity contribution in [2.75, 3.05) is 18.4 Å². The number of primary amides is 1. The fraction of sp³-hybridized carbons (Fsp3) is 0.571. The Labute approximate surface area is 129 Å². The number of amides is 2. The zero-order valence-electron chi connectivity index (χ0n) is 12.0. The van der Waals surface area contributed by atoms with E-state index in [1.54, 1.807) is 23.9 Å². The lowest BCUT2D eigenvalue weighted by Gasteiger charge is -2.23. The van der Waals surface area contributed by atoms with Crippen molar-refractivity contribution in [1.82, 2.24) is 9.88 Å². The van der Waals surface area contributed by atoms with Gasteiger partial charge in [-0.25, -0.2) is 0 Å². The van der Waals surface area contributed by atoms with Crippen LogP contribution in [0.1, 0.15) is 29.8 Å². The van der Waals surface area contributed by atoms with E-state index in [1.165, 1.54) is 0 Å². The summed E-state index contributed by atoms with van der Waals surface area (Å²) in [6.07, 6.45) is 4.85. The Bertz CT molecular complexity index is 563. The Kier molecular flexibility index (Phi) is 4.30. The number of anilines is 1. The number of aromatic nitrogens is 1. The molecule has 0 radical (unpaired) electrons. The first-order valence-electron chi connectivity index (χ1n) is 7.00. The maximum absolute atomic E-state index is 12.3. The van der Waals surface area contributed by atoms with Gasteiger partial charge in [0, 0.05) is 19.2 Å². The zero-order chi connectivity index (χ0) is 14.3. The first kappa shape index (κ1) is 15.9. The molecule has 116 valence electrons. The number of carbonyl (C=O) groups is 2. The summed E-state index contributed by atoms with van der Waals surface area (Å²) >= 11 is 0. The molecule has 1 saturated heterocycles. The Morgan fingerprint density at radius 1 is 1.43 bits per heavy atom. The highest BCUT2D eigenvalue weighted by atomic mass is 35.5. The van der Waals surface area contributed by atoms with E-state index >= 15 is 0 Å². The van der Waals surface area contributed by atoms with Crippen LogP contribution in [0.3, 0.4) is 0 Å². The molecule has 6 nitrogen and oxygen atoms in total. The third-order valence-corrected chi connectivity index (χ3v) is 4.63. The van der Waals surface area contributed by atoms with E-state index in [0.29, 0.717) is 11.4 Å². The van der Waals surface area contributed by atoms with Crippen LogP contribution in [0.4, 0.5) is 5.69 Å². The molecule has 1 aromatic rings. The minimum Gasteiger partial charge on any atom is -0.364 e. The summed E-state index contributed by atoms with van der Waals surface area (Å²) in [6.45, 7) is 2.00. The molecule has 1 aliphatic heterocycles. The van der Waals surface area contributed by atoms with Crippen molar-refractivity contribution in [3.8, 4) is 0 Å². The van der Waals surface area contributed by atoms with Crippen LogP contribution >= 0.6 is 12.4 Å². The lowest BCUT2D eigenvalue weighted by Crippen LogP contribution is -2.31. The highest BCUT2D eigenvalue weighted by Gasteiger charge is 2.57. The Balaban J connectivity index is 0.00000161. The first-order chi connectivity index (χ1) is 9.52. The number of halogens is 1. The Hall–Kier alpha value is -1.53. The number of nitrogens with one attached hydrogen (secondary N) is 2. The van der Waals surface area contributed by atoms with Crippen LogP contribution in [0.25, 0.3) is 0 Å². The second kappa shape index (κ2) is 5.69. The second-order valence-electron chi connectivity index (χ2n) is 5.95. The smallest absolute Gasteiger partial charge is 0.265 e. The summed E-state index contributed by atoms with van der Waals surface area (Å²) in [5.74, 6) is -0.315. The van der Waals surface area contributed by atoms with Crippen LogP contribution in [0.2, 0.25) is 0 Å². The lowest BCUT2D eigenvalue weighted by atomic mass is 9.92. The van der Waals surface area contributed by atoms with Crippen LogP contribution < -0.4 is 16.4 Å². The predicted octanol–water partition coefficient (Wildman–Crippen LogP) is 0.874. The van der Waals surface area contributed by atoms with Gasteiger partial charge in [0.1, 0.15) is 5.69 Å². The van der Waals surface area contributed by atoms with Crippen molar-refractivity contribution in [3.05, 3.63) is 18.0 Å². The minimum absolute atomic E-state index is 0. The number of hydrogen-bond acceptors (Lipinski definition) is 3. The largest absolute Gasteiger partial charge is 0.364 e. The molecule has 21 heavy (non-hydrogen) atoms. The predicted molar refractivity (Wildman–Crippen MR) is 82.5 cm³/mol. The third kappa shape index (κ3) is 2.91. The number of carbonyl (C=O) groups excluding carboxylic acids is 2. The van der Waals surface area contributed by atoms with E-state index in [1.807, 2.05) is 0 Å². The average Bonchev–Trinajstić information content (AvgIpc) is 2.96. The maximum Gasteiger partial charge on any atom is 0.265 e. The minimum atomic E-state index is -0.491. The van der Waals surface area contributed by atoms with Gasteiger partial charge in [0.05, 0.1) is 5.69 Å². The molecule has 1 aliphatic carbocycles. The second-order valence-corrected chi connectivity index (χ2v) is 5.95. The molecule has 2 aliphatic rings. The summed E-state index contributed by atoms with van der Waals surface area (Å²) in [4.78, 5) is 23.5. The van der Waals surface area contributed by atoms with Gasteiger partial charge in [-0.05, 0) is 43.8 Å². The van der Waals surface area contributed by atoms with Gasteiger partial charge in [-0.3, -0.25) is 9.59 Å². The van der Waals surface area contributed by atoms with Crippen LogP contribution in [-0.2, 0) is 11.8 Å². The molecule has 1 spiro atoms. The molecule has 4 N–H and O–H groups in total. The van der Waals surface area contributed by atoms with Gasteiger partial charge in [-0.15, -0.1) is 12.4 Å². The molecule has 7 heteroatoms. The monoisotopic (exact) mass is 312 g/mol. The standard InChI is InChI=1S/C14H20N4O2.ClH/c1-18-8-9(6-11(18)12(15)19)17-13(20)10-7-14(10)2-4-16-5-3-14;/h6,8,10,16H,2-5,7H2,1H3,(H2,15,19)(H,17,20);1H. The SMILES string of the molecule is Cl.Cn1cc(NC(=O)C2CC23CCNCC3)cc1C(N)=O. The van der Waals surface area contributed by atoms with Gasteiger partial charge in [0.25, 0.3) is 5.91 Å². The lowest BCUT2D eigenvalue weighted by molar-refractivity contribution is -0.118. The van der Waals surface area contributed by atoms with E-state index in [2.05, 4.69) is 10.6 Å². The summed E-state index contributed by atoms with van der Waals surface area (Å²) in [6, 6.07) is 1.62. The van der Waals surface area contributed by atoms with E-state index in [0.717, 1.165) is 32.4 Å². The fourth-order valence-corrected chi connectivity index (χ4v) is 3.30. The van der Waals surface area contributed by atoms with Crippen LogP contribution in [0, 0.1) is 11.3 Å². The third-order valence-electron chi connectivity index (χ3n) is 4.63. The number of aryl methyl sites for hydroxylation is 1. The van der Waals surface area contributed by atoms with E-state index < -0.39 is 5.91 Å². The Morgan fingerprint density at radius 2 is 2.10 bits per heavy atom. The molecular formula is C14H21ClN4O2. The number of nitrogens with two attached hydrogens (primary N) is 1. The number of rotatable bonds is 3. The highest BCUT2D eigenvalue weighted by molar-refractivity contribution is 5.97. The van der Waals surface area contributed by atoms with Crippen LogP contribution in [0.15, 0.2) is 12.3 Å². The number of piperidine rings is 1. The van der Waals surface area contributed by atoms with Gasteiger partial charge in [-0.1, -0.05) is 0 Å². The van der Waals surface area contributed by atoms with Crippen molar-refractivity contribution in [2.24, 2.45) is 24.1 Å². The molecule has 0 aromatic carbocycles. The molecule has 1 saturated carbocycles. The highest BCUT2D eigenvalue weighted by Crippen LogP contribution is 2.58. The molecule has 1 atom stereocenters. The van der Waals surface area contributed by atoms with Gasteiger partial charge in [0.2, 0.25) is 5.91 Å². The average molecular weight is 313 g/mol. The molecule has 1 unspecified atom stereocenters. The summed E-state index contributed by atoms with van der Waals surface area (Å²) in [5, 5.41) is 6.23. The summed E-state index contributed by atoms with van der Waals surface area (Å²) < 4.78 is 1.63. The Morgan fingerprint density at radius 3 is 2.67 bits per heavy atom. The number of hydrogen-bond donors (Lipinski definition) is 3. The van der Waals surface area contributed by atoms with Gasteiger partial charge >= 0.3 is 0 Å². The summed E-state index contributed by atoms with van der Waals surface area (Å²) in [7, 11) is 1.74. The van der Waals surface area contributed by atoms with Crippen LogP contribution in [0.5, 0.6) is 0 Å². The van der Waals surface area contributed by atoms with E-state index in [-0.39, 0.29) is 29.6 Å². The van der Waals surface area contributed by atoms with Crippen LogP contribution in [-0.4, -0.2) is 29.5 Å². The number of nitrogens with zero attached hydrogens (tertiary/aromatic N) is 1. The first-order valence-corrected chi connectivity index (χ1v) is 7.00. The molecule has 2 amide bonds. The van der Waals surface area contributed by atoms with Crippen molar-refractivity contribution in [2.45, 2.75) is 19.3 Å². The van der Waals surface area contributed by atoms with Crippen molar-refractivity contribution >= 4 is 29.9 Å². The molecule has 1 aromatic heterocycles. The maximum atomic E-state index is 12.3. The topological polar surface area (TPSA) is 89.2 Å². The van der Waals surface area contributed by atoms with Gasteiger partial charge in [0.15, 0.2) is 0 Å². The van der Waals surface area contributed by atoms with E-state index in [9.17, 15) is 9.59 Å². The molecule has 2 fully saturated rings. The van der Waals surface area contributed by atoms with E-state index in [4.69, 9.17) is 5.73 Å². The van der Waals surface area contributed by atoms with Crippen molar-refractivity contribution < 1.29 is 9.59 Å². The van der Waals surface area contributed by atoms with Crippen molar-refractivity contribution in [3.63, 3.8) is 0 Å². The molecular weight excluding hydrogens is 292 g/mol. The van der Waals surface area contributed by atoms with Crippen molar-refractivity contribution in [1.29, 1.82) is 0 Å². The fourth-order valence-electron chi connectivity index (χ4n) is 3.30. The molecule has 2 heterocycles. The zero-order valence-corrected chi connectivity index (χ0v) is 12.8. The normalized spacial score (nSPS) is 22.4. The quantitative estimate of drug-likeness (QED) is 0.774. The van der Waals surface area contributed by atoms with Gasteiger partial charge < -0.3 is 20.9 Å².